The predicted octanol–water partition coefficient (Wildman–Crippen LogP) is 1.40. The summed E-state index contributed by atoms with van der Waals surface area (Å²) in [6.45, 7) is 2.60. The molecule has 0 spiro atoms. The highest BCUT2D eigenvalue weighted by Gasteiger charge is 2.02. The van der Waals surface area contributed by atoms with Crippen LogP contribution in [0.4, 0.5) is 5.82 Å². The minimum absolute atomic E-state index is 0.182. The summed E-state index contributed by atoms with van der Waals surface area (Å²) in [5.41, 5.74) is 0.416. The quantitative estimate of drug-likeness (QED) is 0.781. The van der Waals surface area contributed by atoms with Gasteiger partial charge in [0.1, 0.15) is 17.6 Å². The van der Waals surface area contributed by atoms with E-state index in [4.69, 9.17) is 10.00 Å². The molecule has 1 N–H and O–H groups in total. The zero-order chi connectivity index (χ0) is 10.4. The maximum atomic E-state index is 8.63. The lowest BCUT2D eigenvalue weighted by Gasteiger charge is -2.12. The maximum absolute atomic E-state index is 8.63. The number of methoxy groups -OCH3 is 1. The average Bonchev–Trinajstić information content (AvgIpc) is 2.18. The van der Waals surface area contributed by atoms with Gasteiger partial charge in [-0.3, -0.25) is 0 Å². The Bertz CT molecular complexity index is 332. The number of nitriles is 1. The molecule has 0 fully saturated rings. The molecule has 0 aliphatic rings. The van der Waals surface area contributed by atoms with Gasteiger partial charge in [-0.25, -0.2) is 4.98 Å². The Balaban J connectivity index is 2.63. The predicted molar refractivity (Wildman–Crippen MR) is 53.9 cm³/mol. The molecule has 4 heteroatoms. The molecular formula is C10H13N3O. The molecule has 0 radical (unpaired) electrons. The summed E-state index contributed by atoms with van der Waals surface area (Å²) >= 11 is 0. The van der Waals surface area contributed by atoms with Gasteiger partial charge in [-0.1, -0.05) is 6.07 Å². The van der Waals surface area contributed by atoms with E-state index < -0.39 is 0 Å². The van der Waals surface area contributed by atoms with Crippen LogP contribution in [-0.2, 0) is 4.74 Å². The van der Waals surface area contributed by atoms with Crippen LogP contribution >= 0.6 is 0 Å². The Labute approximate surface area is 83.5 Å². The third kappa shape index (κ3) is 3.04. The lowest BCUT2D eigenvalue weighted by molar-refractivity contribution is 0.190. The topological polar surface area (TPSA) is 57.9 Å². The van der Waals surface area contributed by atoms with Gasteiger partial charge in [0.15, 0.2) is 0 Å². The summed E-state index contributed by atoms with van der Waals surface area (Å²) in [4.78, 5) is 4.09. The van der Waals surface area contributed by atoms with E-state index in [9.17, 15) is 0 Å². The van der Waals surface area contributed by atoms with Crippen LogP contribution in [0.25, 0.3) is 0 Å². The number of hydrogen-bond donors (Lipinski definition) is 1. The first-order valence-corrected chi connectivity index (χ1v) is 4.39. The minimum atomic E-state index is 0.182. The van der Waals surface area contributed by atoms with Crippen LogP contribution in [0, 0.1) is 11.3 Å². The molecular weight excluding hydrogens is 178 g/mol. The monoisotopic (exact) mass is 191 g/mol. The first-order valence-electron chi connectivity index (χ1n) is 4.39. The van der Waals surface area contributed by atoms with Crippen molar-refractivity contribution >= 4 is 5.82 Å². The van der Waals surface area contributed by atoms with Gasteiger partial charge in [-0.05, 0) is 19.1 Å². The number of nitrogens with one attached hydrogen (secondary N) is 1. The van der Waals surface area contributed by atoms with Gasteiger partial charge in [0.25, 0.3) is 0 Å². The van der Waals surface area contributed by atoms with Crippen molar-refractivity contribution in [2.75, 3.05) is 19.0 Å². The smallest absolute Gasteiger partial charge is 0.142 e. The maximum Gasteiger partial charge on any atom is 0.142 e. The van der Waals surface area contributed by atoms with Crippen molar-refractivity contribution in [2.24, 2.45) is 0 Å². The molecule has 0 aromatic carbocycles. The number of hydrogen-bond acceptors (Lipinski definition) is 4. The molecule has 1 atom stereocenters. The molecule has 74 valence electrons. The molecule has 14 heavy (non-hydrogen) atoms. The number of rotatable bonds is 4. The molecule has 0 saturated heterocycles. The van der Waals surface area contributed by atoms with Crippen LogP contribution < -0.4 is 5.32 Å². The van der Waals surface area contributed by atoms with E-state index in [1.54, 1.807) is 19.2 Å². The fraction of sp³-hybridized carbons (Fsp3) is 0.400. The number of anilines is 1. The molecule has 4 nitrogen and oxygen atoms in total. The number of aromatic nitrogens is 1. The van der Waals surface area contributed by atoms with Crippen molar-refractivity contribution in [3.05, 3.63) is 23.9 Å². The van der Waals surface area contributed by atoms with Gasteiger partial charge < -0.3 is 10.1 Å². The molecule has 1 rings (SSSR count). The summed E-state index contributed by atoms with van der Waals surface area (Å²) in [6.07, 6.45) is 0. The third-order valence-corrected chi connectivity index (χ3v) is 1.67. The first-order chi connectivity index (χ1) is 6.76. The summed E-state index contributed by atoms with van der Waals surface area (Å²) in [5.74, 6) is 0.702. The Morgan fingerprint density at radius 2 is 2.43 bits per heavy atom. The fourth-order valence-electron chi connectivity index (χ4n) is 1.12. The summed E-state index contributed by atoms with van der Waals surface area (Å²) < 4.78 is 4.98. The molecule has 0 aliphatic carbocycles. The van der Waals surface area contributed by atoms with Gasteiger partial charge >= 0.3 is 0 Å². The summed E-state index contributed by atoms with van der Waals surface area (Å²) in [7, 11) is 1.65. The van der Waals surface area contributed by atoms with Crippen LogP contribution in [0.1, 0.15) is 12.6 Å². The van der Waals surface area contributed by atoms with Crippen LogP contribution in [0.2, 0.25) is 0 Å². The van der Waals surface area contributed by atoms with Crippen molar-refractivity contribution in [1.82, 2.24) is 4.98 Å². The fourth-order valence-corrected chi connectivity index (χ4v) is 1.12. The standard InChI is InChI=1S/C10H13N3O/c1-8(7-14-2)12-10-5-3-4-9(6-11)13-10/h3-5,8H,7H2,1-2H3,(H,12,13). The van der Waals surface area contributed by atoms with E-state index >= 15 is 0 Å². The van der Waals surface area contributed by atoms with E-state index in [2.05, 4.69) is 10.3 Å². The second-order valence-electron chi connectivity index (χ2n) is 3.02. The highest BCUT2D eigenvalue weighted by atomic mass is 16.5. The number of pyridine rings is 1. The van der Waals surface area contributed by atoms with Crippen LogP contribution in [-0.4, -0.2) is 24.7 Å². The van der Waals surface area contributed by atoms with Gasteiger partial charge in [-0.15, -0.1) is 0 Å². The molecule has 1 heterocycles. The van der Waals surface area contributed by atoms with Crippen molar-refractivity contribution in [3.8, 4) is 6.07 Å². The number of ether oxygens (including phenoxy) is 1. The molecule has 1 unspecified atom stereocenters. The van der Waals surface area contributed by atoms with E-state index in [1.165, 1.54) is 0 Å². The number of nitrogens with zero attached hydrogens (tertiary/aromatic N) is 2. The zero-order valence-electron chi connectivity index (χ0n) is 8.32. The molecule has 0 aliphatic heterocycles. The van der Waals surface area contributed by atoms with E-state index in [-0.39, 0.29) is 6.04 Å². The lowest BCUT2D eigenvalue weighted by atomic mass is 10.3. The average molecular weight is 191 g/mol. The highest BCUT2D eigenvalue weighted by molar-refractivity contribution is 5.39. The van der Waals surface area contributed by atoms with Gasteiger partial charge in [0, 0.05) is 13.2 Å². The minimum Gasteiger partial charge on any atom is -0.383 e. The van der Waals surface area contributed by atoms with Crippen LogP contribution in [0.15, 0.2) is 18.2 Å². The van der Waals surface area contributed by atoms with Crippen LogP contribution in [0.5, 0.6) is 0 Å². The largest absolute Gasteiger partial charge is 0.383 e. The normalized spacial score (nSPS) is 11.8. The van der Waals surface area contributed by atoms with Crippen molar-refractivity contribution in [1.29, 1.82) is 5.26 Å². The molecule has 0 amide bonds. The Morgan fingerprint density at radius 3 is 3.07 bits per heavy atom. The second kappa shape index (κ2) is 5.20. The zero-order valence-corrected chi connectivity index (χ0v) is 8.32. The van der Waals surface area contributed by atoms with Crippen molar-refractivity contribution in [3.63, 3.8) is 0 Å². The summed E-state index contributed by atoms with van der Waals surface area (Å²) in [5, 5.41) is 11.8. The molecule has 1 aromatic heterocycles. The van der Waals surface area contributed by atoms with Crippen LogP contribution in [0.3, 0.4) is 0 Å². The van der Waals surface area contributed by atoms with Crippen molar-refractivity contribution in [2.45, 2.75) is 13.0 Å². The van der Waals surface area contributed by atoms with Gasteiger partial charge in [-0.2, -0.15) is 5.26 Å². The second-order valence-corrected chi connectivity index (χ2v) is 3.02. The van der Waals surface area contributed by atoms with E-state index in [0.717, 1.165) is 0 Å². The summed E-state index contributed by atoms with van der Waals surface area (Å²) in [6, 6.07) is 7.47. The Hall–Kier alpha value is -1.60. The molecule has 1 aromatic rings. The Kier molecular flexibility index (Phi) is 3.89. The van der Waals surface area contributed by atoms with E-state index in [1.807, 2.05) is 19.1 Å². The van der Waals surface area contributed by atoms with Crippen molar-refractivity contribution < 1.29 is 4.74 Å². The third-order valence-electron chi connectivity index (χ3n) is 1.67. The first kappa shape index (κ1) is 10.5. The SMILES string of the molecule is COCC(C)Nc1cccc(C#N)n1. The highest BCUT2D eigenvalue weighted by Crippen LogP contribution is 2.05. The molecule has 0 saturated carbocycles. The van der Waals surface area contributed by atoms with Gasteiger partial charge in [0.05, 0.1) is 6.61 Å². The Morgan fingerprint density at radius 1 is 1.64 bits per heavy atom. The lowest BCUT2D eigenvalue weighted by Crippen LogP contribution is -2.21. The molecule has 0 bridgehead atoms. The van der Waals surface area contributed by atoms with Gasteiger partial charge in [0.2, 0.25) is 0 Å². The van der Waals surface area contributed by atoms with E-state index in [0.29, 0.717) is 18.1 Å².